The molecule has 2 rings (SSSR count). The smallest absolute Gasteiger partial charge is 0.322 e. The average Bonchev–Trinajstić information content (AvgIpc) is 2.46. The van der Waals surface area contributed by atoms with Gasteiger partial charge >= 0.3 is 6.01 Å². The Bertz CT molecular complexity index is 435. The molecule has 2 unspecified atom stereocenters. The molecule has 2 atom stereocenters. The normalized spacial score (nSPS) is 26.1. The molecule has 0 aliphatic heterocycles. The van der Waals surface area contributed by atoms with Gasteiger partial charge < -0.3 is 15.2 Å². The molecule has 1 aliphatic rings. The largest absolute Gasteiger partial charge is 0.467 e. The second-order valence-electron chi connectivity index (χ2n) is 5.38. The fourth-order valence-electron chi connectivity index (χ4n) is 2.76. The molecule has 1 aromatic heterocycles. The minimum atomic E-state index is -0.393. The number of nitrogens with zero attached hydrogens (tertiary/aromatic N) is 3. The first-order valence-corrected chi connectivity index (χ1v) is 6.76. The Morgan fingerprint density at radius 2 is 2.15 bits per heavy atom. The Morgan fingerprint density at radius 1 is 1.40 bits per heavy atom. The summed E-state index contributed by atoms with van der Waals surface area (Å²) in [6.45, 7) is 2.23. The van der Waals surface area contributed by atoms with E-state index in [-0.39, 0.29) is 18.6 Å². The summed E-state index contributed by atoms with van der Waals surface area (Å²) in [5.41, 5.74) is 1.98. The van der Waals surface area contributed by atoms with Gasteiger partial charge in [-0.3, -0.25) is 5.43 Å². The highest BCUT2D eigenvalue weighted by molar-refractivity contribution is 5.37. The Balaban J connectivity index is 2.22. The molecule has 1 saturated carbocycles. The summed E-state index contributed by atoms with van der Waals surface area (Å²) in [4.78, 5) is 12.2. The molecule has 1 heterocycles. The van der Waals surface area contributed by atoms with Gasteiger partial charge in [-0.2, -0.15) is 15.0 Å². The van der Waals surface area contributed by atoms with Gasteiger partial charge in [-0.05, 0) is 18.8 Å². The lowest BCUT2D eigenvalue weighted by atomic mass is 9.77. The molecule has 112 valence electrons. The number of nitrogens with two attached hydrogens (primary N) is 1. The van der Waals surface area contributed by atoms with Crippen LogP contribution in [0, 0.1) is 5.92 Å². The van der Waals surface area contributed by atoms with Crippen LogP contribution in [-0.2, 0) is 0 Å². The van der Waals surface area contributed by atoms with Crippen LogP contribution in [0.3, 0.4) is 0 Å². The van der Waals surface area contributed by atoms with Gasteiger partial charge in [-0.25, -0.2) is 5.84 Å². The van der Waals surface area contributed by atoms with Crippen LogP contribution in [0.5, 0.6) is 6.01 Å². The number of hydrogen-bond donors (Lipinski definition) is 4. The van der Waals surface area contributed by atoms with E-state index in [1.165, 1.54) is 13.5 Å². The van der Waals surface area contributed by atoms with Crippen LogP contribution in [0.15, 0.2) is 0 Å². The van der Waals surface area contributed by atoms with Gasteiger partial charge in [0.15, 0.2) is 0 Å². The topological polar surface area (TPSA) is 118 Å². The number of anilines is 2. The maximum absolute atomic E-state index is 9.77. The molecule has 0 radical (unpaired) electrons. The van der Waals surface area contributed by atoms with Crippen LogP contribution >= 0.6 is 0 Å². The maximum Gasteiger partial charge on any atom is 0.322 e. The van der Waals surface area contributed by atoms with Crippen LogP contribution in [0.25, 0.3) is 0 Å². The number of ether oxygens (including phenoxy) is 1. The fourth-order valence-corrected chi connectivity index (χ4v) is 2.76. The lowest BCUT2D eigenvalue weighted by Gasteiger charge is -2.39. The Hall–Kier alpha value is -1.67. The van der Waals surface area contributed by atoms with Crippen LogP contribution in [0.4, 0.5) is 11.9 Å². The van der Waals surface area contributed by atoms with E-state index in [0.29, 0.717) is 11.9 Å². The second kappa shape index (κ2) is 6.19. The van der Waals surface area contributed by atoms with E-state index < -0.39 is 5.54 Å². The van der Waals surface area contributed by atoms with Gasteiger partial charge in [0.05, 0.1) is 19.3 Å². The van der Waals surface area contributed by atoms with Crippen molar-refractivity contribution >= 4 is 11.9 Å². The average molecular weight is 282 g/mol. The van der Waals surface area contributed by atoms with Gasteiger partial charge in [0, 0.05) is 0 Å². The summed E-state index contributed by atoms with van der Waals surface area (Å²) in [5, 5.41) is 13.0. The van der Waals surface area contributed by atoms with Gasteiger partial charge in [0.1, 0.15) is 0 Å². The van der Waals surface area contributed by atoms with Crippen LogP contribution in [-0.4, -0.2) is 39.3 Å². The number of nitrogens with one attached hydrogen (secondary N) is 2. The molecule has 1 fully saturated rings. The number of aromatic nitrogens is 3. The lowest BCUT2D eigenvalue weighted by Crippen LogP contribution is -2.46. The van der Waals surface area contributed by atoms with E-state index >= 15 is 0 Å². The van der Waals surface area contributed by atoms with E-state index in [0.717, 1.165) is 19.3 Å². The maximum atomic E-state index is 9.77. The third-order valence-electron chi connectivity index (χ3n) is 3.70. The third kappa shape index (κ3) is 3.26. The summed E-state index contributed by atoms with van der Waals surface area (Å²) >= 11 is 0. The number of rotatable bonds is 5. The number of methoxy groups -OCH3 is 1. The standard InChI is InChI=1S/C12H22N6O2/c1-8-4-3-5-12(6-8,7-19)17-9-14-10(18-13)16-11(15-9)20-2/h8,19H,3-7,13H2,1-2H3,(H2,14,15,16,17,18). The molecule has 0 saturated heterocycles. The highest BCUT2D eigenvalue weighted by Crippen LogP contribution is 2.34. The monoisotopic (exact) mass is 282 g/mol. The molecule has 20 heavy (non-hydrogen) atoms. The van der Waals surface area contributed by atoms with E-state index in [9.17, 15) is 5.11 Å². The SMILES string of the molecule is COc1nc(NN)nc(NC2(CO)CCCC(C)C2)n1. The Labute approximate surface area is 118 Å². The van der Waals surface area contributed by atoms with Crippen molar-refractivity contribution in [1.29, 1.82) is 0 Å². The Kier molecular flexibility index (Phi) is 4.56. The van der Waals surface area contributed by atoms with Gasteiger partial charge in [0.2, 0.25) is 11.9 Å². The van der Waals surface area contributed by atoms with Crippen molar-refractivity contribution in [3.63, 3.8) is 0 Å². The molecule has 5 N–H and O–H groups in total. The first-order chi connectivity index (χ1) is 9.60. The summed E-state index contributed by atoms with van der Waals surface area (Å²) in [7, 11) is 1.48. The molecular weight excluding hydrogens is 260 g/mol. The first kappa shape index (κ1) is 14.7. The predicted octanol–water partition coefficient (Wildman–Crippen LogP) is 0.519. The molecule has 0 bridgehead atoms. The number of aliphatic hydroxyl groups excluding tert-OH is 1. The quantitative estimate of drug-likeness (QED) is 0.456. The zero-order valence-electron chi connectivity index (χ0n) is 11.9. The van der Waals surface area contributed by atoms with E-state index in [1.54, 1.807) is 0 Å². The van der Waals surface area contributed by atoms with E-state index in [2.05, 4.69) is 32.6 Å². The van der Waals surface area contributed by atoms with Crippen molar-refractivity contribution < 1.29 is 9.84 Å². The third-order valence-corrected chi connectivity index (χ3v) is 3.70. The molecule has 0 amide bonds. The van der Waals surface area contributed by atoms with E-state index in [1.807, 2.05) is 0 Å². The van der Waals surface area contributed by atoms with E-state index in [4.69, 9.17) is 10.6 Å². The fraction of sp³-hybridized carbons (Fsp3) is 0.750. The van der Waals surface area contributed by atoms with Crippen LogP contribution < -0.4 is 21.3 Å². The van der Waals surface area contributed by atoms with Crippen molar-refractivity contribution in [1.82, 2.24) is 15.0 Å². The second-order valence-corrected chi connectivity index (χ2v) is 5.38. The zero-order chi connectivity index (χ0) is 14.6. The number of hydrogen-bond acceptors (Lipinski definition) is 8. The minimum Gasteiger partial charge on any atom is -0.467 e. The summed E-state index contributed by atoms with van der Waals surface area (Å²) in [5.74, 6) is 6.46. The van der Waals surface area contributed by atoms with Crippen molar-refractivity contribution in [2.75, 3.05) is 24.5 Å². The van der Waals surface area contributed by atoms with Crippen molar-refractivity contribution in [3.8, 4) is 6.01 Å². The van der Waals surface area contributed by atoms with Crippen LogP contribution in [0.2, 0.25) is 0 Å². The summed E-state index contributed by atoms with van der Waals surface area (Å²) < 4.78 is 5.01. The molecule has 1 aromatic rings. The van der Waals surface area contributed by atoms with Gasteiger partial charge in [-0.15, -0.1) is 0 Å². The summed E-state index contributed by atoms with van der Waals surface area (Å²) in [6.07, 6.45) is 4.01. The lowest BCUT2D eigenvalue weighted by molar-refractivity contribution is 0.149. The van der Waals surface area contributed by atoms with Crippen molar-refractivity contribution in [2.45, 2.75) is 38.1 Å². The summed E-state index contributed by atoms with van der Waals surface area (Å²) in [6, 6.07) is 0.174. The molecule has 0 aromatic carbocycles. The molecular formula is C12H22N6O2. The number of aliphatic hydroxyl groups is 1. The first-order valence-electron chi connectivity index (χ1n) is 6.76. The highest BCUT2D eigenvalue weighted by atomic mass is 16.5. The molecule has 0 spiro atoms. The van der Waals surface area contributed by atoms with Crippen molar-refractivity contribution in [2.24, 2.45) is 11.8 Å². The van der Waals surface area contributed by atoms with Crippen molar-refractivity contribution in [3.05, 3.63) is 0 Å². The molecule has 8 heteroatoms. The minimum absolute atomic E-state index is 0.0384. The molecule has 8 nitrogen and oxygen atoms in total. The predicted molar refractivity (Wildman–Crippen MR) is 75.3 cm³/mol. The highest BCUT2D eigenvalue weighted by Gasteiger charge is 2.35. The van der Waals surface area contributed by atoms with Crippen LogP contribution in [0.1, 0.15) is 32.6 Å². The number of hydrazine groups is 1. The molecule has 1 aliphatic carbocycles. The Morgan fingerprint density at radius 3 is 2.75 bits per heavy atom. The zero-order valence-corrected chi connectivity index (χ0v) is 11.9. The van der Waals surface area contributed by atoms with Gasteiger partial charge in [-0.1, -0.05) is 19.8 Å². The van der Waals surface area contributed by atoms with Gasteiger partial charge in [0.25, 0.3) is 0 Å². The number of nitrogen functional groups attached to an aromatic ring is 1.